The summed E-state index contributed by atoms with van der Waals surface area (Å²) in [6, 6.07) is 8.44. The number of hydrogen-bond donors (Lipinski definition) is 1. The Hall–Kier alpha value is -1.68. The van der Waals surface area contributed by atoms with Crippen LogP contribution in [0.4, 0.5) is 0 Å². The van der Waals surface area contributed by atoms with E-state index in [1.54, 1.807) is 0 Å². The predicted octanol–water partition coefficient (Wildman–Crippen LogP) is 1.04. The van der Waals surface area contributed by atoms with Crippen LogP contribution in [0.1, 0.15) is 18.9 Å². The molecule has 0 fully saturated rings. The fraction of sp³-hybridized carbons (Fsp3) is 0.333. The van der Waals surface area contributed by atoms with Gasteiger partial charge in [-0.05, 0) is 12.5 Å². The molecule has 0 aliphatic rings. The molecule has 86 valence electrons. The van der Waals surface area contributed by atoms with E-state index >= 15 is 0 Å². The molecule has 16 heavy (non-hydrogen) atoms. The summed E-state index contributed by atoms with van der Waals surface area (Å²) in [6.45, 7) is 1.58. The minimum absolute atomic E-state index is 0.0215. The molecule has 0 heterocycles. The van der Waals surface area contributed by atoms with Crippen LogP contribution in [0.3, 0.4) is 0 Å². The van der Waals surface area contributed by atoms with Gasteiger partial charge in [0.05, 0.1) is 0 Å². The van der Waals surface area contributed by atoms with Crippen molar-refractivity contribution in [3.8, 4) is 0 Å². The van der Waals surface area contributed by atoms with Crippen LogP contribution in [0, 0.1) is 0 Å². The van der Waals surface area contributed by atoms with Crippen LogP contribution in [0.5, 0.6) is 0 Å². The molecule has 1 rings (SSSR count). The molecule has 0 aliphatic carbocycles. The van der Waals surface area contributed by atoms with Crippen molar-refractivity contribution in [3.63, 3.8) is 0 Å². The highest BCUT2D eigenvalue weighted by molar-refractivity contribution is 5.84. The Balaban J connectivity index is 2.38. The number of rotatable bonds is 5. The highest BCUT2D eigenvalue weighted by Crippen LogP contribution is 2.02. The van der Waals surface area contributed by atoms with E-state index in [1.165, 1.54) is 6.92 Å². The summed E-state index contributed by atoms with van der Waals surface area (Å²) in [6.07, 6.45) is 0.0215. The van der Waals surface area contributed by atoms with Gasteiger partial charge < -0.3 is 10.5 Å². The lowest BCUT2D eigenvalue weighted by molar-refractivity contribution is -0.147. The fourth-order valence-electron chi connectivity index (χ4n) is 1.23. The fourth-order valence-corrected chi connectivity index (χ4v) is 1.23. The number of ketones is 1. The first kappa shape index (κ1) is 12.4. The number of nitrogens with two attached hydrogens (primary N) is 1. The van der Waals surface area contributed by atoms with Crippen LogP contribution in [0.2, 0.25) is 0 Å². The van der Waals surface area contributed by atoms with Crippen LogP contribution in [0.15, 0.2) is 30.3 Å². The van der Waals surface area contributed by atoms with E-state index in [-0.39, 0.29) is 18.8 Å². The van der Waals surface area contributed by atoms with Crippen molar-refractivity contribution >= 4 is 11.8 Å². The Morgan fingerprint density at radius 1 is 1.31 bits per heavy atom. The molecule has 0 saturated carbocycles. The summed E-state index contributed by atoms with van der Waals surface area (Å²) in [7, 11) is 0. The second-order valence-corrected chi connectivity index (χ2v) is 3.61. The number of carbonyl (C=O) groups excluding carboxylic acids is 2. The van der Waals surface area contributed by atoms with Gasteiger partial charge in [0.25, 0.3) is 0 Å². The van der Waals surface area contributed by atoms with Crippen molar-refractivity contribution in [2.45, 2.75) is 26.0 Å². The SMILES string of the molecule is CC(=O)C[C@H](N)C(=O)OCc1ccccc1. The minimum atomic E-state index is -0.860. The third-order valence-corrected chi connectivity index (χ3v) is 2.03. The molecular formula is C12H15NO3. The smallest absolute Gasteiger partial charge is 0.323 e. The number of benzene rings is 1. The molecule has 0 saturated heterocycles. The van der Waals surface area contributed by atoms with E-state index in [9.17, 15) is 9.59 Å². The van der Waals surface area contributed by atoms with Crippen molar-refractivity contribution in [1.29, 1.82) is 0 Å². The average molecular weight is 221 g/mol. The van der Waals surface area contributed by atoms with Gasteiger partial charge in [-0.3, -0.25) is 9.59 Å². The topological polar surface area (TPSA) is 69.4 Å². The molecule has 1 aromatic carbocycles. The molecule has 0 radical (unpaired) electrons. The van der Waals surface area contributed by atoms with E-state index in [2.05, 4.69) is 0 Å². The van der Waals surface area contributed by atoms with Crippen molar-refractivity contribution in [2.24, 2.45) is 5.73 Å². The summed E-state index contributed by atoms with van der Waals surface area (Å²) >= 11 is 0. The lowest BCUT2D eigenvalue weighted by Gasteiger charge is -2.09. The van der Waals surface area contributed by atoms with E-state index in [4.69, 9.17) is 10.5 Å². The maximum Gasteiger partial charge on any atom is 0.323 e. The van der Waals surface area contributed by atoms with Crippen molar-refractivity contribution in [1.82, 2.24) is 0 Å². The Morgan fingerprint density at radius 2 is 1.94 bits per heavy atom. The van der Waals surface area contributed by atoms with Crippen LogP contribution >= 0.6 is 0 Å². The van der Waals surface area contributed by atoms with Crippen molar-refractivity contribution in [3.05, 3.63) is 35.9 Å². The highest BCUT2D eigenvalue weighted by atomic mass is 16.5. The molecule has 0 aromatic heterocycles. The van der Waals surface area contributed by atoms with Gasteiger partial charge in [0.2, 0.25) is 0 Å². The van der Waals surface area contributed by atoms with Gasteiger partial charge >= 0.3 is 5.97 Å². The van der Waals surface area contributed by atoms with Gasteiger partial charge in [0.15, 0.2) is 0 Å². The zero-order valence-electron chi connectivity index (χ0n) is 9.18. The number of hydrogen-bond acceptors (Lipinski definition) is 4. The van der Waals surface area contributed by atoms with Crippen molar-refractivity contribution < 1.29 is 14.3 Å². The molecular weight excluding hydrogens is 206 g/mol. The van der Waals surface area contributed by atoms with Gasteiger partial charge in [-0.2, -0.15) is 0 Å². The summed E-state index contributed by atoms with van der Waals surface area (Å²) in [5, 5.41) is 0. The van der Waals surface area contributed by atoms with Gasteiger partial charge in [0, 0.05) is 6.42 Å². The number of carbonyl (C=O) groups is 2. The first-order chi connectivity index (χ1) is 7.59. The quantitative estimate of drug-likeness (QED) is 0.754. The molecule has 4 heteroatoms. The monoisotopic (exact) mass is 221 g/mol. The largest absolute Gasteiger partial charge is 0.460 e. The molecule has 4 nitrogen and oxygen atoms in total. The Bertz CT molecular complexity index is 362. The van der Waals surface area contributed by atoms with E-state index in [0.717, 1.165) is 5.56 Å². The summed E-state index contributed by atoms with van der Waals surface area (Å²) < 4.78 is 4.97. The lowest BCUT2D eigenvalue weighted by Crippen LogP contribution is -2.33. The molecule has 1 aromatic rings. The summed E-state index contributed by atoms with van der Waals surface area (Å²) in [4.78, 5) is 22.1. The first-order valence-electron chi connectivity index (χ1n) is 5.05. The standard InChI is InChI=1S/C12H15NO3/c1-9(14)7-11(13)12(15)16-8-10-5-3-2-4-6-10/h2-6,11H,7-8,13H2,1H3/t11-/m0/s1. The molecule has 0 bridgehead atoms. The van der Waals surface area contributed by atoms with Crippen LogP contribution in [-0.4, -0.2) is 17.8 Å². The Morgan fingerprint density at radius 3 is 2.50 bits per heavy atom. The maximum atomic E-state index is 11.4. The van der Waals surface area contributed by atoms with Gasteiger partial charge in [-0.1, -0.05) is 30.3 Å². The van der Waals surface area contributed by atoms with Crippen LogP contribution in [-0.2, 0) is 20.9 Å². The molecule has 0 unspecified atom stereocenters. The van der Waals surface area contributed by atoms with E-state index in [0.29, 0.717) is 0 Å². The second-order valence-electron chi connectivity index (χ2n) is 3.61. The third kappa shape index (κ3) is 4.23. The minimum Gasteiger partial charge on any atom is -0.460 e. The lowest BCUT2D eigenvalue weighted by atomic mass is 10.2. The zero-order chi connectivity index (χ0) is 12.0. The average Bonchev–Trinajstić information content (AvgIpc) is 2.26. The number of Topliss-reactive ketones (excluding diaryl/α,β-unsaturated/α-hetero) is 1. The Kier molecular flexibility index (Phi) is 4.66. The zero-order valence-corrected chi connectivity index (χ0v) is 9.18. The van der Waals surface area contributed by atoms with Gasteiger partial charge in [-0.25, -0.2) is 0 Å². The highest BCUT2D eigenvalue weighted by Gasteiger charge is 2.16. The van der Waals surface area contributed by atoms with Gasteiger partial charge in [-0.15, -0.1) is 0 Å². The summed E-state index contributed by atoms with van der Waals surface area (Å²) in [5.74, 6) is -0.664. The summed E-state index contributed by atoms with van der Waals surface area (Å²) in [5.41, 5.74) is 6.38. The predicted molar refractivity (Wildman–Crippen MR) is 59.5 cm³/mol. The van der Waals surface area contributed by atoms with E-state index < -0.39 is 12.0 Å². The second kappa shape index (κ2) is 6.02. The van der Waals surface area contributed by atoms with Crippen LogP contribution < -0.4 is 5.73 Å². The molecule has 1 atom stereocenters. The molecule has 0 aliphatic heterocycles. The molecule has 2 N–H and O–H groups in total. The van der Waals surface area contributed by atoms with Crippen molar-refractivity contribution in [2.75, 3.05) is 0 Å². The van der Waals surface area contributed by atoms with E-state index in [1.807, 2.05) is 30.3 Å². The Labute approximate surface area is 94.4 Å². The number of ether oxygens (including phenoxy) is 1. The number of esters is 1. The molecule has 0 amide bonds. The third-order valence-electron chi connectivity index (χ3n) is 2.03. The molecule has 0 spiro atoms. The normalized spacial score (nSPS) is 11.9. The maximum absolute atomic E-state index is 11.4. The van der Waals surface area contributed by atoms with Gasteiger partial charge in [0.1, 0.15) is 18.4 Å². The first-order valence-corrected chi connectivity index (χ1v) is 5.05. The van der Waals surface area contributed by atoms with Crippen LogP contribution in [0.25, 0.3) is 0 Å².